The van der Waals surface area contributed by atoms with E-state index >= 15 is 0 Å². The van der Waals surface area contributed by atoms with Gasteiger partial charge in [-0.2, -0.15) is 0 Å². The summed E-state index contributed by atoms with van der Waals surface area (Å²) in [6.45, 7) is 11.5. The molecule has 0 aromatic carbocycles. The Kier molecular flexibility index (Phi) is 4.63. The lowest BCUT2D eigenvalue weighted by molar-refractivity contribution is -0.477. The van der Waals surface area contributed by atoms with Crippen molar-refractivity contribution in [1.29, 1.82) is 0 Å². The molecule has 0 aromatic rings. The van der Waals surface area contributed by atoms with Gasteiger partial charge in [-0.3, -0.25) is 14.4 Å². The van der Waals surface area contributed by atoms with E-state index in [1.807, 2.05) is 0 Å². The van der Waals surface area contributed by atoms with E-state index in [0.29, 0.717) is 12.1 Å². The van der Waals surface area contributed by atoms with Gasteiger partial charge in [0.1, 0.15) is 0 Å². The van der Waals surface area contributed by atoms with Crippen molar-refractivity contribution in [1.82, 2.24) is 9.80 Å². The van der Waals surface area contributed by atoms with E-state index in [1.165, 1.54) is 31.9 Å². The molecule has 0 saturated carbocycles. The summed E-state index contributed by atoms with van der Waals surface area (Å²) in [4.78, 5) is 5.05. The average molecular weight is 226 g/mol. The Morgan fingerprint density at radius 2 is 1.44 bits per heavy atom. The first-order valence-corrected chi connectivity index (χ1v) is 6.52. The molecule has 94 valence electrons. The molecule has 16 heavy (non-hydrogen) atoms. The fourth-order valence-electron chi connectivity index (χ4n) is 2.65. The van der Waals surface area contributed by atoms with Crippen molar-refractivity contribution in [3.8, 4) is 0 Å². The van der Waals surface area contributed by atoms with E-state index in [9.17, 15) is 0 Å². The predicted molar refractivity (Wildman–Crippen MR) is 70.0 cm³/mol. The Labute approximate surface area is 101 Å². The summed E-state index contributed by atoms with van der Waals surface area (Å²) in [5.41, 5.74) is 0. The fourth-order valence-corrected chi connectivity index (χ4v) is 2.65. The van der Waals surface area contributed by atoms with Gasteiger partial charge in [-0.1, -0.05) is 0 Å². The van der Waals surface area contributed by atoms with Gasteiger partial charge in [-0.25, -0.2) is 0 Å². The molecule has 1 aliphatic rings. The summed E-state index contributed by atoms with van der Waals surface area (Å²) in [5, 5.41) is 0. The maximum atomic E-state index is 2.53. The van der Waals surface area contributed by atoms with Crippen molar-refractivity contribution in [2.24, 2.45) is 0 Å². The van der Waals surface area contributed by atoms with E-state index in [0.717, 1.165) is 0 Å². The van der Waals surface area contributed by atoms with Crippen LogP contribution in [0.1, 0.15) is 40.5 Å². The highest BCUT2D eigenvalue weighted by Crippen LogP contribution is 2.14. The first-order chi connectivity index (χ1) is 7.45. The Morgan fingerprint density at radius 1 is 1.00 bits per heavy atom. The van der Waals surface area contributed by atoms with Gasteiger partial charge in [0.05, 0.1) is 39.3 Å². The molecule has 1 aliphatic heterocycles. The second-order valence-corrected chi connectivity index (χ2v) is 5.48. The van der Waals surface area contributed by atoms with E-state index in [1.54, 1.807) is 0 Å². The molecular weight excluding hydrogens is 198 g/mol. The lowest BCUT2D eigenvalue weighted by Gasteiger charge is -2.32. The summed E-state index contributed by atoms with van der Waals surface area (Å²) in [6.07, 6.45) is 2.67. The zero-order valence-electron chi connectivity index (χ0n) is 11.8. The number of nitrogens with zero attached hydrogens (tertiary/aromatic N) is 3. The molecule has 0 spiro atoms. The molecule has 1 saturated heterocycles. The van der Waals surface area contributed by atoms with Gasteiger partial charge in [0, 0.05) is 0 Å². The minimum atomic E-state index is 0.554. The van der Waals surface area contributed by atoms with Crippen LogP contribution in [0.3, 0.4) is 0 Å². The molecule has 0 aromatic heterocycles. The Balaban J connectivity index is 2.95. The molecule has 3 heteroatoms. The highest BCUT2D eigenvalue weighted by atomic mass is 15.4. The van der Waals surface area contributed by atoms with E-state index in [-0.39, 0.29) is 0 Å². The van der Waals surface area contributed by atoms with Crippen LogP contribution in [-0.2, 0) is 0 Å². The van der Waals surface area contributed by atoms with E-state index < -0.39 is 0 Å². The van der Waals surface area contributed by atoms with Crippen LogP contribution in [0, 0.1) is 0 Å². The van der Waals surface area contributed by atoms with Crippen molar-refractivity contribution < 1.29 is 4.58 Å². The molecular formula is C13H28N3+. The molecule has 1 fully saturated rings. The highest BCUT2D eigenvalue weighted by molar-refractivity contribution is 5.76. The molecule has 0 N–H and O–H groups in total. The van der Waals surface area contributed by atoms with Crippen LogP contribution >= 0.6 is 0 Å². The number of likely N-dealkylation sites (tertiary alicyclic amines) is 1. The third-order valence-electron chi connectivity index (χ3n) is 3.13. The maximum Gasteiger partial charge on any atom is 0.350 e. The zero-order valence-corrected chi connectivity index (χ0v) is 11.8. The minimum Gasteiger partial charge on any atom is -0.270 e. The molecule has 0 atom stereocenters. The summed E-state index contributed by atoms with van der Waals surface area (Å²) >= 11 is 0. The Morgan fingerprint density at radius 3 is 1.75 bits per heavy atom. The van der Waals surface area contributed by atoms with Gasteiger partial charge in [-0.05, 0) is 40.5 Å². The molecule has 0 unspecified atom stereocenters. The van der Waals surface area contributed by atoms with E-state index in [2.05, 4.69) is 56.2 Å². The van der Waals surface area contributed by atoms with Gasteiger partial charge in [0.15, 0.2) is 0 Å². The predicted octanol–water partition coefficient (Wildman–Crippen LogP) is 1.83. The molecule has 0 amide bonds. The zero-order chi connectivity index (χ0) is 12.3. The third kappa shape index (κ3) is 2.89. The number of hydrogen-bond donors (Lipinski definition) is 0. The average Bonchev–Trinajstić information content (AvgIpc) is 2.64. The first kappa shape index (κ1) is 13.3. The number of guanidine groups is 1. The molecule has 0 bridgehead atoms. The highest BCUT2D eigenvalue weighted by Gasteiger charge is 2.33. The Bertz CT molecular complexity index is 238. The van der Waals surface area contributed by atoms with Crippen LogP contribution in [0.5, 0.6) is 0 Å². The van der Waals surface area contributed by atoms with Crippen LogP contribution < -0.4 is 0 Å². The summed E-state index contributed by atoms with van der Waals surface area (Å²) in [7, 11) is 4.32. The van der Waals surface area contributed by atoms with Crippen LogP contribution in [-0.4, -0.2) is 59.6 Å². The normalized spacial score (nSPS) is 16.1. The quantitative estimate of drug-likeness (QED) is 0.404. The third-order valence-corrected chi connectivity index (χ3v) is 3.13. The van der Waals surface area contributed by atoms with Gasteiger partial charge >= 0.3 is 5.96 Å². The fraction of sp³-hybridized carbons (Fsp3) is 0.923. The molecule has 1 heterocycles. The summed E-state index contributed by atoms with van der Waals surface area (Å²) < 4.78 is 2.27. The monoisotopic (exact) mass is 226 g/mol. The number of hydrogen-bond acceptors (Lipinski definition) is 0. The molecule has 0 aliphatic carbocycles. The SMILES string of the molecule is CC(C)N(C(N1CCCC1)=[N+](C)C)C(C)C. The van der Waals surface area contributed by atoms with E-state index in [4.69, 9.17) is 0 Å². The van der Waals surface area contributed by atoms with Crippen molar-refractivity contribution in [2.45, 2.75) is 52.6 Å². The van der Waals surface area contributed by atoms with Crippen molar-refractivity contribution in [3.05, 3.63) is 0 Å². The van der Waals surface area contributed by atoms with Gasteiger partial charge < -0.3 is 0 Å². The van der Waals surface area contributed by atoms with Crippen molar-refractivity contribution in [2.75, 3.05) is 27.2 Å². The van der Waals surface area contributed by atoms with Crippen LogP contribution in [0.15, 0.2) is 0 Å². The molecule has 3 nitrogen and oxygen atoms in total. The molecule has 0 radical (unpaired) electrons. The summed E-state index contributed by atoms with van der Waals surface area (Å²) in [6, 6.07) is 1.11. The Hall–Kier alpha value is -0.730. The minimum absolute atomic E-state index is 0.554. The standard InChI is InChI=1S/C13H28N3/c1-11(2)16(12(3)4)13(14(5)6)15-9-7-8-10-15/h11-12H,7-10H2,1-6H3/q+1. The van der Waals surface area contributed by atoms with Crippen molar-refractivity contribution in [3.63, 3.8) is 0 Å². The van der Waals surface area contributed by atoms with Crippen LogP contribution in [0.25, 0.3) is 0 Å². The van der Waals surface area contributed by atoms with Gasteiger partial charge in [-0.15, -0.1) is 0 Å². The van der Waals surface area contributed by atoms with Crippen molar-refractivity contribution >= 4 is 5.96 Å². The second kappa shape index (κ2) is 5.55. The van der Waals surface area contributed by atoms with Gasteiger partial charge in [0.2, 0.25) is 0 Å². The molecule has 1 rings (SSSR count). The van der Waals surface area contributed by atoms with Crippen LogP contribution in [0.2, 0.25) is 0 Å². The largest absolute Gasteiger partial charge is 0.350 e. The second-order valence-electron chi connectivity index (χ2n) is 5.48. The first-order valence-electron chi connectivity index (χ1n) is 6.52. The smallest absolute Gasteiger partial charge is 0.270 e. The number of rotatable bonds is 2. The lowest BCUT2D eigenvalue weighted by atomic mass is 10.2. The lowest BCUT2D eigenvalue weighted by Crippen LogP contribution is -2.53. The summed E-state index contributed by atoms with van der Waals surface area (Å²) in [5.74, 6) is 1.39. The van der Waals surface area contributed by atoms with Crippen LogP contribution in [0.4, 0.5) is 0 Å². The van der Waals surface area contributed by atoms with Gasteiger partial charge in [0.25, 0.3) is 0 Å². The topological polar surface area (TPSA) is 9.49 Å². The maximum absolute atomic E-state index is 2.53.